The van der Waals surface area contributed by atoms with Crippen molar-refractivity contribution in [2.24, 2.45) is 0 Å². The number of nitrogen functional groups attached to an aromatic ring is 1. The zero-order valence-electron chi connectivity index (χ0n) is 15.9. The molecule has 8 nitrogen and oxygen atoms in total. The van der Waals surface area contributed by atoms with Crippen LogP contribution in [0.1, 0.15) is 53.2 Å². The van der Waals surface area contributed by atoms with Crippen LogP contribution in [-0.2, 0) is 4.79 Å². The van der Waals surface area contributed by atoms with Gasteiger partial charge in [-0.25, -0.2) is 9.78 Å². The summed E-state index contributed by atoms with van der Waals surface area (Å²) in [4.78, 5) is 27.3. The first-order valence-electron chi connectivity index (χ1n) is 8.68. The van der Waals surface area contributed by atoms with Gasteiger partial charge in [0.2, 0.25) is 5.91 Å². The molecular weight excluding hydrogens is 390 g/mol. The maximum Gasteiger partial charge on any atom is 0.335 e. The third-order valence-corrected chi connectivity index (χ3v) is 4.97. The Hall–Kier alpha value is -3.56. The summed E-state index contributed by atoms with van der Waals surface area (Å²) >= 11 is 1.21. The number of thioether (sulfide) groups is 1. The van der Waals surface area contributed by atoms with E-state index in [1.165, 1.54) is 23.9 Å². The molecule has 9 heteroatoms. The van der Waals surface area contributed by atoms with E-state index < -0.39 is 5.97 Å². The summed E-state index contributed by atoms with van der Waals surface area (Å²) in [6, 6.07) is 10.1. The van der Waals surface area contributed by atoms with Crippen molar-refractivity contribution in [2.75, 3.05) is 16.8 Å². The number of aromatic carboxylic acids is 1. The number of hydrogen-bond donors (Lipinski definition) is 3. The molecule has 0 atom stereocenters. The Bertz CT molecular complexity index is 1040. The number of nitriles is 2. The molecule has 0 aliphatic heterocycles. The minimum Gasteiger partial charge on any atom is -0.478 e. The average Bonchev–Trinajstić information content (AvgIpc) is 2.67. The normalized spacial score (nSPS) is 10.2. The van der Waals surface area contributed by atoms with Gasteiger partial charge in [0.1, 0.15) is 23.0 Å². The molecule has 0 spiro atoms. The highest BCUT2D eigenvalue weighted by Crippen LogP contribution is 2.33. The van der Waals surface area contributed by atoms with Crippen LogP contribution in [0, 0.1) is 22.7 Å². The van der Waals surface area contributed by atoms with Crippen LogP contribution in [0.4, 0.5) is 11.5 Å². The summed E-state index contributed by atoms with van der Waals surface area (Å²) in [5.74, 6) is -1.08. The third-order valence-electron chi connectivity index (χ3n) is 3.99. The Balaban J connectivity index is 2.10. The number of amides is 1. The average molecular weight is 409 g/mol. The smallest absolute Gasteiger partial charge is 0.335 e. The van der Waals surface area contributed by atoms with Crippen molar-refractivity contribution >= 4 is 35.1 Å². The molecule has 0 fully saturated rings. The van der Waals surface area contributed by atoms with Crippen LogP contribution in [0.15, 0.2) is 29.3 Å². The van der Waals surface area contributed by atoms with E-state index in [0.29, 0.717) is 27.6 Å². The molecule has 29 heavy (non-hydrogen) atoms. The summed E-state index contributed by atoms with van der Waals surface area (Å²) in [5.41, 5.74) is 7.41. The molecule has 0 unspecified atom stereocenters. The van der Waals surface area contributed by atoms with E-state index in [2.05, 4.69) is 16.4 Å². The number of nitrogens with one attached hydrogen (secondary N) is 1. The standard InChI is InChI=1S/C20H19N5O3S/c1-11(2)17-14(9-21)18(23)25-19(15(17)10-22)29-7-6-16(26)24-13-5-3-4-12(8-13)20(27)28/h3-5,8,11H,6-7H2,1-2H3,(H2,23,25)(H,24,26)(H,27,28). The van der Waals surface area contributed by atoms with Crippen molar-refractivity contribution in [1.29, 1.82) is 10.5 Å². The number of hydrogen-bond acceptors (Lipinski definition) is 7. The quantitative estimate of drug-likeness (QED) is 0.588. The molecule has 1 aromatic heterocycles. The first-order valence-corrected chi connectivity index (χ1v) is 9.66. The van der Waals surface area contributed by atoms with E-state index in [-0.39, 0.29) is 35.2 Å². The predicted molar refractivity (Wildman–Crippen MR) is 110 cm³/mol. The lowest BCUT2D eigenvalue weighted by Crippen LogP contribution is -2.13. The van der Waals surface area contributed by atoms with Gasteiger partial charge in [-0.05, 0) is 29.7 Å². The van der Waals surface area contributed by atoms with Gasteiger partial charge in [-0.2, -0.15) is 10.5 Å². The number of benzene rings is 1. The second-order valence-electron chi connectivity index (χ2n) is 6.38. The number of nitrogens with zero attached hydrogens (tertiary/aromatic N) is 3. The minimum atomic E-state index is -1.08. The SMILES string of the molecule is CC(C)c1c(C#N)c(N)nc(SCCC(=O)Nc2cccc(C(=O)O)c2)c1C#N. The van der Waals surface area contributed by atoms with E-state index in [9.17, 15) is 20.1 Å². The van der Waals surface area contributed by atoms with Gasteiger partial charge >= 0.3 is 5.97 Å². The van der Waals surface area contributed by atoms with E-state index in [0.717, 1.165) is 0 Å². The first-order chi connectivity index (χ1) is 13.8. The molecule has 4 N–H and O–H groups in total. The highest BCUT2D eigenvalue weighted by atomic mass is 32.2. The molecule has 1 aromatic carbocycles. The van der Waals surface area contributed by atoms with Crippen LogP contribution in [0.2, 0.25) is 0 Å². The highest BCUT2D eigenvalue weighted by Gasteiger charge is 2.21. The summed E-state index contributed by atoms with van der Waals surface area (Å²) < 4.78 is 0. The number of carbonyl (C=O) groups is 2. The van der Waals surface area contributed by atoms with Crippen LogP contribution < -0.4 is 11.1 Å². The van der Waals surface area contributed by atoms with Crippen molar-refractivity contribution in [1.82, 2.24) is 4.98 Å². The van der Waals surface area contributed by atoms with Crippen molar-refractivity contribution < 1.29 is 14.7 Å². The lowest BCUT2D eigenvalue weighted by atomic mass is 9.94. The van der Waals surface area contributed by atoms with Gasteiger partial charge in [0.25, 0.3) is 0 Å². The second-order valence-corrected chi connectivity index (χ2v) is 7.46. The minimum absolute atomic E-state index is 0.0626. The van der Waals surface area contributed by atoms with Crippen molar-refractivity contribution in [3.63, 3.8) is 0 Å². The zero-order valence-corrected chi connectivity index (χ0v) is 16.7. The molecule has 0 saturated carbocycles. The van der Waals surface area contributed by atoms with Crippen molar-refractivity contribution in [3.05, 3.63) is 46.5 Å². The molecule has 0 aliphatic carbocycles. The number of anilines is 2. The molecular formula is C20H19N5O3S. The molecule has 0 aliphatic rings. The lowest BCUT2D eigenvalue weighted by Gasteiger charge is -2.15. The second kappa shape index (κ2) is 9.58. The van der Waals surface area contributed by atoms with Gasteiger partial charge in [0.15, 0.2) is 0 Å². The number of aromatic nitrogens is 1. The largest absolute Gasteiger partial charge is 0.478 e. The van der Waals surface area contributed by atoms with Crippen LogP contribution in [-0.4, -0.2) is 27.7 Å². The lowest BCUT2D eigenvalue weighted by molar-refractivity contribution is -0.115. The van der Waals surface area contributed by atoms with E-state index >= 15 is 0 Å². The molecule has 2 aromatic rings. The van der Waals surface area contributed by atoms with Gasteiger partial charge < -0.3 is 16.2 Å². The Morgan fingerprint density at radius 3 is 2.55 bits per heavy atom. The Morgan fingerprint density at radius 2 is 1.97 bits per heavy atom. The fourth-order valence-corrected chi connectivity index (χ4v) is 3.64. The number of carbonyl (C=O) groups excluding carboxylic acids is 1. The monoisotopic (exact) mass is 409 g/mol. The van der Waals surface area contributed by atoms with E-state index in [4.69, 9.17) is 10.8 Å². The third kappa shape index (κ3) is 5.24. The molecule has 0 bridgehead atoms. The number of pyridine rings is 1. The summed E-state index contributed by atoms with van der Waals surface area (Å²) in [5, 5.41) is 30.9. The maximum atomic E-state index is 12.2. The van der Waals surface area contributed by atoms with Gasteiger partial charge in [0.05, 0.1) is 16.7 Å². The maximum absolute atomic E-state index is 12.2. The van der Waals surface area contributed by atoms with Gasteiger partial charge in [-0.3, -0.25) is 4.79 Å². The molecule has 148 valence electrons. The highest BCUT2D eigenvalue weighted by molar-refractivity contribution is 7.99. The topological polar surface area (TPSA) is 153 Å². The Labute approximate surface area is 172 Å². The van der Waals surface area contributed by atoms with Crippen LogP contribution in [0.3, 0.4) is 0 Å². The summed E-state index contributed by atoms with van der Waals surface area (Å²) in [6.07, 6.45) is 0.117. The Morgan fingerprint density at radius 1 is 1.28 bits per heavy atom. The van der Waals surface area contributed by atoms with Crippen LogP contribution in [0.5, 0.6) is 0 Å². The van der Waals surface area contributed by atoms with Crippen molar-refractivity contribution in [2.45, 2.75) is 31.2 Å². The van der Waals surface area contributed by atoms with Gasteiger partial charge in [-0.1, -0.05) is 19.9 Å². The first kappa shape index (κ1) is 21.7. The summed E-state index contributed by atoms with van der Waals surface area (Å²) in [7, 11) is 0. The van der Waals surface area contributed by atoms with Crippen molar-refractivity contribution in [3.8, 4) is 12.1 Å². The molecule has 0 radical (unpaired) electrons. The zero-order chi connectivity index (χ0) is 21.6. The fourth-order valence-electron chi connectivity index (χ4n) is 2.70. The number of carboxylic acids is 1. The van der Waals surface area contributed by atoms with E-state index in [1.807, 2.05) is 19.9 Å². The molecule has 0 saturated heterocycles. The van der Waals surface area contributed by atoms with E-state index in [1.54, 1.807) is 12.1 Å². The van der Waals surface area contributed by atoms with Crippen LogP contribution in [0.25, 0.3) is 0 Å². The molecule has 2 rings (SSSR count). The number of nitrogens with two attached hydrogens (primary N) is 1. The van der Waals surface area contributed by atoms with Gasteiger partial charge in [-0.15, -0.1) is 11.8 Å². The van der Waals surface area contributed by atoms with Gasteiger partial charge in [0, 0.05) is 17.9 Å². The fraction of sp³-hybridized carbons (Fsp3) is 0.250. The number of carboxylic acid groups (broad SMARTS) is 1. The predicted octanol–water partition coefficient (Wildman–Crippen LogP) is 3.35. The molecule has 1 amide bonds. The summed E-state index contributed by atoms with van der Waals surface area (Å²) in [6.45, 7) is 3.73. The number of rotatable bonds is 7. The molecule has 1 heterocycles. The van der Waals surface area contributed by atoms with Crippen LogP contribution >= 0.6 is 11.8 Å². The Kier molecular flexibility index (Phi) is 7.18.